The van der Waals surface area contributed by atoms with Gasteiger partial charge in [-0.15, -0.1) is 11.3 Å². The molecule has 156 valence electrons. The van der Waals surface area contributed by atoms with E-state index >= 15 is 0 Å². The first-order valence-electron chi connectivity index (χ1n) is 9.65. The summed E-state index contributed by atoms with van der Waals surface area (Å²) in [6.07, 6.45) is 1.57. The van der Waals surface area contributed by atoms with Crippen molar-refractivity contribution >= 4 is 21.4 Å². The Bertz CT molecular complexity index is 1110. The number of nitriles is 1. The van der Waals surface area contributed by atoms with Gasteiger partial charge in [0.25, 0.3) is 0 Å². The number of aryl methyl sites for hydroxylation is 1. The topological polar surface area (TPSA) is 103 Å². The van der Waals surface area contributed by atoms with Crippen LogP contribution in [0.4, 0.5) is 0 Å². The molecule has 10 heteroatoms. The third kappa shape index (κ3) is 4.60. The number of aromatic nitrogens is 2. The molecule has 1 fully saturated rings. The van der Waals surface area contributed by atoms with Crippen LogP contribution in [0.3, 0.4) is 0 Å². The highest BCUT2D eigenvalue weighted by atomic mass is 32.2. The van der Waals surface area contributed by atoms with Crippen molar-refractivity contribution in [2.24, 2.45) is 0 Å². The Balaban J connectivity index is 1.25. The van der Waals surface area contributed by atoms with E-state index in [1.807, 2.05) is 23.6 Å². The van der Waals surface area contributed by atoms with Crippen LogP contribution in [-0.2, 0) is 16.4 Å². The summed E-state index contributed by atoms with van der Waals surface area (Å²) in [6, 6.07) is 12.0. The fourth-order valence-corrected chi connectivity index (χ4v) is 5.43. The minimum absolute atomic E-state index is 0.230. The molecule has 1 aromatic carbocycles. The first-order chi connectivity index (χ1) is 14.6. The average Bonchev–Trinajstić information content (AvgIpc) is 3.46. The number of hydrogen-bond acceptors (Lipinski definition) is 8. The van der Waals surface area contributed by atoms with E-state index in [-0.39, 0.29) is 4.90 Å². The molecular weight excluding hydrogens is 422 g/mol. The maximum atomic E-state index is 12.8. The van der Waals surface area contributed by atoms with E-state index in [0.29, 0.717) is 49.9 Å². The van der Waals surface area contributed by atoms with Crippen molar-refractivity contribution in [2.45, 2.75) is 17.7 Å². The van der Waals surface area contributed by atoms with E-state index in [2.05, 4.69) is 15.0 Å². The van der Waals surface area contributed by atoms with Crippen molar-refractivity contribution in [3.63, 3.8) is 0 Å². The van der Waals surface area contributed by atoms with Gasteiger partial charge in [-0.3, -0.25) is 0 Å². The Morgan fingerprint density at radius 3 is 2.57 bits per heavy atom. The molecule has 0 radical (unpaired) electrons. The zero-order valence-corrected chi connectivity index (χ0v) is 17.9. The monoisotopic (exact) mass is 443 g/mol. The van der Waals surface area contributed by atoms with Crippen LogP contribution in [0.5, 0.6) is 0 Å². The number of rotatable bonds is 7. The molecule has 0 bridgehead atoms. The zero-order chi connectivity index (χ0) is 21.0. The van der Waals surface area contributed by atoms with E-state index in [1.54, 1.807) is 11.3 Å². The van der Waals surface area contributed by atoms with Gasteiger partial charge in [0.15, 0.2) is 0 Å². The lowest BCUT2D eigenvalue weighted by molar-refractivity contribution is 0.185. The molecule has 1 saturated heterocycles. The van der Waals surface area contributed by atoms with Crippen LogP contribution < -0.4 is 0 Å². The molecule has 8 nitrogen and oxygen atoms in total. The smallest absolute Gasteiger partial charge is 0.243 e. The van der Waals surface area contributed by atoms with Gasteiger partial charge >= 0.3 is 0 Å². The summed E-state index contributed by atoms with van der Waals surface area (Å²) >= 11 is 1.58. The van der Waals surface area contributed by atoms with E-state index in [0.717, 1.165) is 17.8 Å². The van der Waals surface area contributed by atoms with Crippen LogP contribution in [0.25, 0.3) is 10.7 Å². The summed E-state index contributed by atoms with van der Waals surface area (Å²) in [5, 5.41) is 14.9. The third-order valence-electron chi connectivity index (χ3n) is 5.03. The largest absolute Gasteiger partial charge is 0.339 e. The first kappa shape index (κ1) is 20.7. The number of sulfonamides is 1. The molecule has 2 aromatic heterocycles. The van der Waals surface area contributed by atoms with Crippen LogP contribution in [0.2, 0.25) is 0 Å². The molecule has 30 heavy (non-hydrogen) atoms. The van der Waals surface area contributed by atoms with E-state index in [9.17, 15) is 8.42 Å². The number of hydrogen-bond donors (Lipinski definition) is 0. The summed E-state index contributed by atoms with van der Waals surface area (Å²) in [4.78, 5) is 7.90. The maximum absolute atomic E-state index is 12.8. The highest BCUT2D eigenvalue weighted by Crippen LogP contribution is 2.22. The first-order valence-corrected chi connectivity index (χ1v) is 12.0. The minimum atomic E-state index is -3.53. The van der Waals surface area contributed by atoms with Crippen LogP contribution >= 0.6 is 11.3 Å². The SMILES string of the molecule is N#Cc1ccc(S(=O)(=O)N2CCN(CCCc3nc(-c4cccs4)no3)CC2)cc1. The zero-order valence-electron chi connectivity index (χ0n) is 16.3. The normalized spacial score (nSPS) is 15.8. The molecule has 3 aromatic rings. The minimum Gasteiger partial charge on any atom is -0.339 e. The molecule has 0 unspecified atom stereocenters. The molecule has 0 N–H and O–H groups in total. The molecule has 0 saturated carbocycles. The van der Waals surface area contributed by atoms with Crippen molar-refractivity contribution in [3.05, 3.63) is 53.2 Å². The Kier molecular flexibility index (Phi) is 6.24. The summed E-state index contributed by atoms with van der Waals surface area (Å²) in [5.74, 6) is 1.25. The van der Waals surface area contributed by atoms with Crippen molar-refractivity contribution in [1.29, 1.82) is 5.26 Å². The van der Waals surface area contributed by atoms with Gasteiger partial charge in [-0.25, -0.2) is 8.42 Å². The van der Waals surface area contributed by atoms with Gasteiger partial charge in [0, 0.05) is 32.6 Å². The Morgan fingerprint density at radius 1 is 1.13 bits per heavy atom. The number of piperazine rings is 1. The van der Waals surface area contributed by atoms with Gasteiger partial charge in [-0.2, -0.15) is 14.6 Å². The molecule has 1 aliphatic rings. The van der Waals surface area contributed by atoms with Crippen molar-refractivity contribution in [3.8, 4) is 16.8 Å². The number of nitrogens with zero attached hydrogens (tertiary/aromatic N) is 5. The van der Waals surface area contributed by atoms with Crippen molar-refractivity contribution < 1.29 is 12.9 Å². The summed E-state index contributed by atoms with van der Waals surface area (Å²) in [7, 11) is -3.53. The molecular formula is C20H21N5O3S2. The summed E-state index contributed by atoms with van der Waals surface area (Å²) in [5.41, 5.74) is 0.447. The average molecular weight is 444 g/mol. The lowest BCUT2D eigenvalue weighted by Gasteiger charge is -2.33. The Morgan fingerprint density at radius 2 is 1.90 bits per heavy atom. The Hall–Kier alpha value is -2.58. The predicted octanol–water partition coefficient (Wildman–Crippen LogP) is 2.61. The highest BCUT2D eigenvalue weighted by Gasteiger charge is 2.28. The lowest BCUT2D eigenvalue weighted by Crippen LogP contribution is -2.48. The molecule has 1 aliphatic heterocycles. The van der Waals surface area contributed by atoms with Gasteiger partial charge in [0.05, 0.1) is 21.4 Å². The third-order valence-corrected chi connectivity index (χ3v) is 7.81. The van der Waals surface area contributed by atoms with Crippen molar-refractivity contribution in [2.75, 3.05) is 32.7 Å². The molecule has 0 spiro atoms. The second kappa shape index (κ2) is 9.06. The lowest BCUT2D eigenvalue weighted by atomic mass is 10.2. The quantitative estimate of drug-likeness (QED) is 0.553. The van der Waals surface area contributed by atoms with E-state index in [4.69, 9.17) is 9.78 Å². The highest BCUT2D eigenvalue weighted by molar-refractivity contribution is 7.89. The molecule has 0 atom stereocenters. The van der Waals surface area contributed by atoms with Gasteiger partial charge < -0.3 is 9.42 Å². The molecule has 0 amide bonds. The van der Waals surface area contributed by atoms with Gasteiger partial charge in [-0.1, -0.05) is 11.2 Å². The summed E-state index contributed by atoms with van der Waals surface area (Å²) < 4.78 is 32.4. The second-order valence-electron chi connectivity index (χ2n) is 6.97. The second-order valence-corrected chi connectivity index (χ2v) is 9.86. The van der Waals surface area contributed by atoms with Crippen LogP contribution in [0.1, 0.15) is 17.9 Å². The van der Waals surface area contributed by atoms with E-state index in [1.165, 1.54) is 28.6 Å². The maximum Gasteiger partial charge on any atom is 0.243 e. The van der Waals surface area contributed by atoms with Crippen LogP contribution in [-0.4, -0.2) is 60.5 Å². The van der Waals surface area contributed by atoms with Crippen molar-refractivity contribution in [1.82, 2.24) is 19.3 Å². The number of thiophene rings is 1. The van der Waals surface area contributed by atoms with E-state index < -0.39 is 10.0 Å². The van der Waals surface area contributed by atoms with Crippen LogP contribution in [0, 0.1) is 11.3 Å². The Labute approximate surface area is 179 Å². The molecule has 0 aliphatic carbocycles. The molecule has 4 rings (SSSR count). The standard InChI is InChI=1S/C20H21N5O3S2/c21-15-16-5-7-17(8-6-16)30(26,27)25-12-10-24(11-13-25)9-1-4-19-22-20(23-28-19)18-3-2-14-29-18/h2-3,5-8,14H,1,4,9-13H2. The number of benzene rings is 1. The van der Waals surface area contributed by atoms with Gasteiger partial charge in [0.1, 0.15) is 0 Å². The fraction of sp³-hybridized carbons (Fsp3) is 0.350. The predicted molar refractivity (Wildman–Crippen MR) is 112 cm³/mol. The summed E-state index contributed by atoms with van der Waals surface area (Å²) in [6.45, 7) is 3.11. The van der Waals surface area contributed by atoms with Gasteiger partial charge in [-0.05, 0) is 48.7 Å². The van der Waals surface area contributed by atoms with Crippen LogP contribution in [0.15, 0.2) is 51.2 Å². The fourth-order valence-electron chi connectivity index (χ4n) is 3.36. The molecule has 3 heterocycles. The van der Waals surface area contributed by atoms with Gasteiger partial charge in [0.2, 0.25) is 21.7 Å².